The van der Waals surface area contributed by atoms with Crippen molar-refractivity contribution in [2.75, 3.05) is 13.2 Å². The van der Waals surface area contributed by atoms with Crippen LogP contribution in [-0.4, -0.2) is 13.2 Å². The normalized spacial score (nSPS) is 14.8. The van der Waals surface area contributed by atoms with Crippen LogP contribution in [-0.2, 0) is 4.74 Å². The Bertz CT molecular complexity index is 669. The first-order valence-corrected chi connectivity index (χ1v) is 6.69. The molecule has 0 atom stereocenters. The number of fused-ring (bicyclic) bond motifs is 3. The van der Waals surface area contributed by atoms with Crippen LogP contribution in [0.4, 0.5) is 0 Å². The third-order valence-corrected chi connectivity index (χ3v) is 3.16. The molecule has 0 radical (unpaired) electrons. The molecule has 0 spiro atoms. The highest BCUT2D eigenvalue weighted by molar-refractivity contribution is 5.93. The van der Waals surface area contributed by atoms with Gasteiger partial charge in [0.25, 0.3) is 0 Å². The van der Waals surface area contributed by atoms with Crippen molar-refractivity contribution in [2.45, 2.75) is 0 Å². The zero-order valence-corrected chi connectivity index (χ0v) is 11.2. The lowest BCUT2D eigenvalue weighted by atomic mass is 10.0. The standard InChI is InChI=1S/C13H10O.C5H6O/c1-2-5-11-10(4-1)7-8-13-12(11)6-3-9-14-13;1-2-4-6-5-3-1/h1-8H,9H2;1-4H,5H2. The van der Waals surface area contributed by atoms with Gasteiger partial charge in [-0.1, -0.05) is 42.5 Å². The van der Waals surface area contributed by atoms with Gasteiger partial charge in [-0.2, -0.15) is 0 Å². The Hall–Kier alpha value is -2.48. The van der Waals surface area contributed by atoms with Gasteiger partial charge in [0.15, 0.2) is 0 Å². The molecular weight excluding hydrogens is 248 g/mol. The van der Waals surface area contributed by atoms with Crippen molar-refractivity contribution in [2.24, 2.45) is 0 Å². The summed E-state index contributed by atoms with van der Waals surface area (Å²) < 4.78 is 10.3. The number of hydrogen-bond donors (Lipinski definition) is 0. The van der Waals surface area contributed by atoms with Gasteiger partial charge in [0.1, 0.15) is 19.0 Å². The molecule has 0 amide bonds. The van der Waals surface area contributed by atoms with Gasteiger partial charge in [-0.25, -0.2) is 0 Å². The number of hydrogen-bond acceptors (Lipinski definition) is 2. The van der Waals surface area contributed by atoms with Crippen LogP contribution in [0.5, 0.6) is 5.75 Å². The molecule has 2 aliphatic rings. The van der Waals surface area contributed by atoms with Crippen molar-refractivity contribution in [3.05, 3.63) is 72.5 Å². The van der Waals surface area contributed by atoms with Crippen molar-refractivity contribution in [3.63, 3.8) is 0 Å². The average molecular weight is 264 g/mol. The Labute approximate surface area is 118 Å². The van der Waals surface area contributed by atoms with Crippen LogP contribution in [0.15, 0.2) is 67.0 Å². The van der Waals surface area contributed by atoms with Crippen LogP contribution >= 0.6 is 0 Å². The second-order valence-electron chi connectivity index (χ2n) is 4.50. The van der Waals surface area contributed by atoms with E-state index in [0.717, 1.165) is 12.4 Å². The molecule has 2 aromatic carbocycles. The molecule has 100 valence electrons. The Balaban J connectivity index is 0.000000170. The van der Waals surface area contributed by atoms with Crippen LogP contribution in [0.25, 0.3) is 16.8 Å². The minimum Gasteiger partial charge on any atom is -0.497 e. The van der Waals surface area contributed by atoms with E-state index in [9.17, 15) is 0 Å². The van der Waals surface area contributed by atoms with E-state index in [-0.39, 0.29) is 0 Å². The summed E-state index contributed by atoms with van der Waals surface area (Å²) in [5.41, 5.74) is 1.20. The Morgan fingerprint density at radius 3 is 2.55 bits per heavy atom. The Kier molecular flexibility index (Phi) is 3.83. The fourth-order valence-corrected chi connectivity index (χ4v) is 2.22. The van der Waals surface area contributed by atoms with Gasteiger partial charge in [0.2, 0.25) is 0 Å². The topological polar surface area (TPSA) is 18.5 Å². The Morgan fingerprint density at radius 1 is 0.850 bits per heavy atom. The number of rotatable bonds is 0. The van der Waals surface area contributed by atoms with Gasteiger partial charge in [0, 0.05) is 5.56 Å². The van der Waals surface area contributed by atoms with E-state index in [1.807, 2.05) is 24.3 Å². The zero-order chi connectivity index (χ0) is 13.6. The third kappa shape index (κ3) is 2.75. The van der Waals surface area contributed by atoms with Crippen molar-refractivity contribution in [1.29, 1.82) is 0 Å². The number of ether oxygens (including phenoxy) is 2. The molecule has 2 aromatic rings. The minimum atomic E-state index is 0.686. The molecule has 0 saturated heterocycles. The molecule has 0 saturated carbocycles. The van der Waals surface area contributed by atoms with E-state index in [1.165, 1.54) is 16.3 Å². The highest BCUT2D eigenvalue weighted by atomic mass is 16.5. The summed E-state index contributed by atoms with van der Waals surface area (Å²) in [6.07, 6.45) is 11.7. The largest absolute Gasteiger partial charge is 0.497 e. The zero-order valence-electron chi connectivity index (χ0n) is 11.2. The lowest BCUT2D eigenvalue weighted by Gasteiger charge is -2.14. The summed E-state index contributed by atoms with van der Waals surface area (Å²) in [4.78, 5) is 0. The van der Waals surface area contributed by atoms with Crippen LogP contribution in [0.2, 0.25) is 0 Å². The van der Waals surface area contributed by atoms with Gasteiger partial charge in [-0.15, -0.1) is 0 Å². The summed E-state index contributed by atoms with van der Waals surface area (Å²) in [5.74, 6) is 0.992. The molecule has 0 aliphatic carbocycles. The van der Waals surface area contributed by atoms with Crippen molar-refractivity contribution < 1.29 is 9.47 Å². The van der Waals surface area contributed by atoms with Crippen molar-refractivity contribution in [1.82, 2.24) is 0 Å². The first-order valence-electron chi connectivity index (χ1n) is 6.69. The van der Waals surface area contributed by atoms with Crippen molar-refractivity contribution in [3.8, 4) is 5.75 Å². The molecule has 2 heteroatoms. The monoisotopic (exact) mass is 264 g/mol. The molecule has 4 rings (SSSR count). The van der Waals surface area contributed by atoms with E-state index in [2.05, 4.69) is 42.5 Å². The van der Waals surface area contributed by atoms with Gasteiger partial charge < -0.3 is 9.47 Å². The second-order valence-corrected chi connectivity index (χ2v) is 4.50. The highest BCUT2D eigenvalue weighted by Crippen LogP contribution is 2.31. The maximum atomic E-state index is 5.54. The van der Waals surface area contributed by atoms with Gasteiger partial charge in [-0.05, 0) is 35.1 Å². The molecule has 0 N–H and O–H groups in total. The predicted molar refractivity (Wildman–Crippen MR) is 82.7 cm³/mol. The van der Waals surface area contributed by atoms with Crippen LogP contribution in [0, 0.1) is 0 Å². The first-order chi connectivity index (χ1) is 9.95. The average Bonchev–Trinajstić information content (AvgIpc) is 2.57. The molecule has 2 nitrogen and oxygen atoms in total. The number of benzene rings is 2. The quantitative estimate of drug-likeness (QED) is 0.705. The van der Waals surface area contributed by atoms with Crippen LogP contribution < -0.4 is 4.74 Å². The van der Waals surface area contributed by atoms with Crippen LogP contribution in [0.3, 0.4) is 0 Å². The summed E-state index contributed by atoms with van der Waals surface area (Å²) in [5, 5.41) is 2.53. The van der Waals surface area contributed by atoms with E-state index >= 15 is 0 Å². The van der Waals surface area contributed by atoms with Crippen molar-refractivity contribution >= 4 is 16.8 Å². The molecule has 0 bridgehead atoms. The lowest BCUT2D eigenvalue weighted by molar-refractivity contribution is 0.286. The van der Waals surface area contributed by atoms with E-state index in [4.69, 9.17) is 9.47 Å². The molecule has 20 heavy (non-hydrogen) atoms. The predicted octanol–water partition coefficient (Wildman–Crippen LogP) is 4.33. The lowest BCUT2D eigenvalue weighted by Crippen LogP contribution is -2.00. The Morgan fingerprint density at radius 2 is 1.80 bits per heavy atom. The van der Waals surface area contributed by atoms with Gasteiger partial charge >= 0.3 is 0 Å². The van der Waals surface area contributed by atoms with Gasteiger partial charge in [0.05, 0.1) is 6.26 Å². The second kappa shape index (κ2) is 6.11. The fourth-order valence-electron chi connectivity index (χ4n) is 2.22. The maximum absolute atomic E-state index is 5.54. The minimum absolute atomic E-state index is 0.686. The first kappa shape index (κ1) is 12.5. The molecule has 0 unspecified atom stereocenters. The maximum Gasteiger partial charge on any atom is 0.127 e. The SMILES string of the molecule is C1=CCOC=C1.C1=Cc2c(ccc3ccccc23)OC1. The van der Waals surface area contributed by atoms with E-state index in [0.29, 0.717) is 6.61 Å². The third-order valence-electron chi connectivity index (χ3n) is 3.16. The summed E-state index contributed by atoms with van der Waals surface area (Å²) in [7, 11) is 0. The smallest absolute Gasteiger partial charge is 0.127 e. The molecule has 0 fully saturated rings. The summed E-state index contributed by atoms with van der Waals surface area (Å²) in [6, 6.07) is 12.5. The van der Waals surface area contributed by atoms with Gasteiger partial charge in [-0.3, -0.25) is 0 Å². The van der Waals surface area contributed by atoms with E-state index in [1.54, 1.807) is 6.26 Å². The highest BCUT2D eigenvalue weighted by Gasteiger charge is 2.08. The number of allylic oxidation sites excluding steroid dienone is 2. The molecule has 0 aromatic heterocycles. The molecule has 2 heterocycles. The van der Waals surface area contributed by atoms with E-state index < -0.39 is 0 Å². The van der Waals surface area contributed by atoms with Crippen LogP contribution in [0.1, 0.15) is 5.56 Å². The summed E-state index contributed by atoms with van der Waals surface area (Å²) >= 11 is 0. The summed E-state index contributed by atoms with van der Waals surface area (Å²) in [6.45, 7) is 1.42. The fraction of sp³-hybridized carbons (Fsp3) is 0.111. The molecule has 2 aliphatic heterocycles. The molecular formula is C18H16O2.